The molecule has 0 bridgehead atoms. The SMILES string of the molecule is O=C(NC1CCCCC/C=C/C2CC2(C(=O)NS(=O)(=O)C2CC2)NC(=O)C2C[C@@H](N3Cc4cccc5cccc(c45)C3)CN2C1=O)OC1CCC1. The van der Waals surface area contributed by atoms with Crippen molar-refractivity contribution in [2.24, 2.45) is 5.92 Å². The van der Waals surface area contributed by atoms with Gasteiger partial charge in [-0.05, 0) is 86.1 Å². The van der Waals surface area contributed by atoms with E-state index in [-0.39, 0.29) is 36.9 Å². The first-order valence-electron chi connectivity index (χ1n) is 18.7. The predicted molar refractivity (Wildman–Crippen MR) is 189 cm³/mol. The molecule has 0 radical (unpaired) electrons. The van der Waals surface area contributed by atoms with Crippen molar-refractivity contribution >= 4 is 44.6 Å². The zero-order chi connectivity index (χ0) is 35.3. The van der Waals surface area contributed by atoms with Crippen molar-refractivity contribution in [1.29, 1.82) is 0 Å². The molecule has 3 aliphatic carbocycles. The third-order valence-electron chi connectivity index (χ3n) is 11.8. The van der Waals surface area contributed by atoms with E-state index in [2.05, 4.69) is 44.5 Å². The van der Waals surface area contributed by atoms with E-state index < -0.39 is 50.8 Å². The number of allylic oxidation sites excluding steroid dienone is 1. The number of ether oxygens (including phenoxy) is 1. The molecule has 5 atom stereocenters. The molecule has 2 aromatic rings. The van der Waals surface area contributed by atoms with Crippen LogP contribution < -0.4 is 15.4 Å². The van der Waals surface area contributed by atoms with Gasteiger partial charge in [0.15, 0.2) is 0 Å². The molecule has 4 amide bonds. The Hall–Kier alpha value is -3.97. The van der Waals surface area contributed by atoms with Gasteiger partial charge in [-0.25, -0.2) is 13.2 Å². The average molecular weight is 718 g/mol. The molecule has 2 aromatic carbocycles. The molecule has 51 heavy (non-hydrogen) atoms. The van der Waals surface area contributed by atoms with E-state index in [1.54, 1.807) is 4.90 Å². The molecule has 3 aliphatic heterocycles. The van der Waals surface area contributed by atoms with Gasteiger partial charge in [0.1, 0.15) is 23.7 Å². The Morgan fingerprint density at radius 2 is 1.67 bits per heavy atom. The highest BCUT2D eigenvalue weighted by atomic mass is 32.2. The number of nitrogens with one attached hydrogen (secondary N) is 3. The number of rotatable bonds is 6. The number of alkyl carbamates (subject to hydrolysis) is 1. The van der Waals surface area contributed by atoms with Gasteiger partial charge in [-0.2, -0.15) is 0 Å². The first-order valence-corrected chi connectivity index (χ1v) is 20.2. The highest BCUT2D eigenvalue weighted by Gasteiger charge is 2.62. The fourth-order valence-corrected chi connectivity index (χ4v) is 9.74. The van der Waals surface area contributed by atoms with E-state index in [1.807, 2.05) is 24.3 Å². The summed E-state index contributed by atoms with van der Waals surface area (Å²) < 4.78 is 33.5. The summed E-state index contributed by atoms with van der Waals surface area (Å²) in [5.74, 6) is -1.94. The molecule has 12 nitrogen and oxygen atoms in total. The summed E-state index contributed by atoms with van der Waals surface area (Å²) in [4.78, 5) is 59.6. The van der Waals surface area contributed by atoms with Crippen LogP contribution in [0, 0.1) is 5.92 Å². The maximum atomic E-state index is 14.6. The lowest BCUT2D eigenvalue weighted by Gasteiger charge is -2.34. The van der Waals surface area contributed by atoms with Crippen LogP contribution in [0.4, 0.5) is 4.79 Å². The summed E-state index contributed by atoms with van der Waals surface area (Å²) in [6.45, 7) is 1.58. The highest BCUT2D eigenvalue weighted by molar-refractivity contribution is 7.91. The van der Waals surface area contributed by atoms with E-state index in [0.717, 1.165) is 38.5 Å². The zero-order valence-corrected chi connectivity index (χ0v) is 29.7. The number of hydrogen-bond donors (Lipinski definition) is 3. The highest BCUT2D eigenvalue weighted by Crippen LogP contribution is 2.46. The number of nitrogens with zero attached hydrogens (tertiary/aromatic N) is 2. The van der Waals surface area contributed by atoms with Crippen molar-refractivity contribution in [2.45, 2.75) is 125 Å². The van der Waals surface area contributed by atoms with Crippen LogP contribution in [0.5, 0.6) is 0 Å². The van der Waals surface area contributed by atoms with Gasteiger partial charge in [-0.3, -0.25) is 24.0 Å². The van der Waals surface area contributed by atoms with E-state index in [4.69, 9.17) is 4.74 Å². The molecule has 8 rings (SSSR count). The molecule has 0 spiro atoms. The third-order valence-corrected chi connectivity index (χ3v) is 13.6. The van der Waals surface area contributed by atoms with Gasteiger partial charge in [-0.15, -0.1) is 0 Å². The number of amides is 4. The van der Waals surface area contributed by atoms with E-state index in [1.165, 1.54) is 21.9 Å². The normalized spacial score (nSPS) is 30.9. The standard InChI is InChI=1S/C38H47N5O7S/c44-34-32-19-28(42-21-25-11-6-9-24-10-7-12-26(22-42)33(24)25)23-43(32)35(45)31(39-37(47)50-29-14-8-15-29)16-5-3-1-2-4-13-27-20-38(27,40-34)36(46)41-51(48,49)30-17-18-30/h4,6-7,9-13,27-32H,1-3,5,8,14-23H2,(H,39,47)(H,40,44)(H,41,46)/b13-4+/t27?,28-,31?,32?,38?/m1/s1. The van der Waals surface area contributed by atoms with Gasteiger partial charge < -0.3 is 20.3 Å². The van der Waals surface area contributed by atoms with E-state index >= 15 is 0 Å². The number of carbonyl (C=O) groups is 4. The largest absolute Gasteiger partial charge is 0.446 e. The molecule has 4 unspecified atom stereocenters. The van der Waals surface area contributed by atoms with Crippen molar-refractivity contribution < 1.29 is 32.3 Å². The second-order valence-electron chi connectivity index (χ2n) is 15.4. The molecule has 3 N–H and O–H groups in total. The summed E-state index contributed by atoms with van der Waals surface area (Å²) in [6.07, 6.45) is 10.9. The Kier molecular flexibility index (Phi) is 9.06. The molecule has 13 heteroatoms. The van der Waals surface area contributed by atoms with Crippen LogP contribution in [0.15, 0.2) is 48.6 Å². The minimum Gasteiger partial charge on any atom is -0.446 e. The average Bonchev–Trinajstić information content (AvgIpc) is 4.01. The van der Waals surface area contributed by atoms with Gasteiger partial charge in [0.25, 0.3) is 5.91 Å². The van der Waals surface area contributed by atoms with Crippen LogP contribution in [0.2, 0.25) is 0 Å². The quantitative estimate of drug-likeness (QED) is 0.382. The minimum atomic E-state index is -3.84. The first-order chi connectivity index (χ1) is 24.6. The molecular weight excluding hydrogens is 671 g/mol. The van der Waals surface area contributed by atoms with Gasteiger partial charge in [0.2, 0.25) is 21.8 Å². The molecule has 4 fully saturated rings. The molecule has 3 heterocycles. The van der Waals surface area contributed by atoms with Crippen molar-refractivity contribution in [3.63, 3.8) is 0 Å². The van der Waals surface area contributed by atoms with Gasteiger partial charge in [0.05, 0.1) is 5.25 Å². The van der Waals surface area contributed by atoms with Crippen LogP contribution in [-0.2, 0) is 42.2 Å². The summed E-state index contributed by atoms with van der Waals surface area (Å²) in [5.41, 5.74) is 0.952. The lowest BCUT2D eigenvalue weighted by atomic mass is 9.94. The summed E-state index contributed by atoms with van der Waals surface area (Å²) in [5, 5.41) is 7.66. The molecule has 0 aromatic heterocycles. The number of carbonyl (C=O) groups excluding carboxylic acids is 4. The lowest BCUT2D eigenvalue weighted by molar-refractivity contribution is -0.141. The minimum absolute atomic E-state index is 0.146. The fourth-order valence-electron chi connectivity index (χ4n) is 8.38. The maximum Gasteiger partial charge on any atom is 0.408 e. The van der Waals surface area contributed by atoms with Crippen LogP contribution in [-0.4, -0.2) is 83.6 Å². The van der Waals surface area contributed by atoms with Crippen molar-refractivity contribution in [1.82, 2.24) is 25.2 Å². The number of hydrogen-bond acceptors (Lipinski definition) is 8. The number of fused-ring (bicyclic) bond motifs is 2. The summed E-state index contributed by atoms with van der Waals surface area (Å²) >= 11 is 0. The van der Waals surface area contributed by atoms with Crippen LogP contribution in [0.25, 0.3) is 10.8 Å². The Bertz CT molecular complexity index is 1830. The third kappa shape index (κ3) is 6.86. The molecular formula is C38H47N5O7S. The smallest absolute Gasteiger partial charge is 0.408 e. The first kappa shape index (κ1) is 34.1. The Labute approximate surface area is 298 Å². The second-order valence-corrected chi connectivity index (χ2v) is 17.4. The van der Waals surface area contributed by atoms with Crippen molar-refractivity contribution in [3.05, 3.63) is 59.7 Å². The Balaban J connectivity index is 1.08. The maximum absolute atomic E-state index is 14.6. The fraction of sp³-hybridized carbons (Fsp3) is 0.579. The molecule has 3 saturated carbocycles. The van der Waals surface area contributed by atoms with E-state index in [9.17, 15) is 27.6 Å². The topological polar surface area (TPSA) is 154 Å². The summed E-state index contributed by atoms with van der Waals surface area (Å²) in [7, 11) is -3.84. The number of sulfonamides is 1. The monoisotopic (exact) mass is 717 g/mol. The number of benzene rings is 2. The van der Waals surface area contributed by atoms with Crippen LogP contribution in [0.1, 0.15) is 88.2 Å². The van der Waals surface area contributed by atoms with Crippen LogP contribution >= 0.6 is 0 Å². The van der Waals surface area contributed by atoms with Crippen molar-refractivity contribution in [3.8, 4) is 0 Å². The summed E-state index contributed by atoms with van der Waals surface area (Å²) in [6, 6.07) is 10.6. The predicted octanol–water partition coefficient (Wildman–Crippen LogP) is 3.78. The van der Waals surface area contributed by atoms with E-state index in [0.29, 0.717) is 45.2 Å². The Morgan fingerprint density at radius 3 is 2.35 bits per heavy atom. The lowest BCUT2D eigenvalue weighted by Crippen LogP contribution is -2.58. The van der Waals surface area contributed by atoms with Gasteiger partial charge >= 0.3 is 6.09 Å². The molecule has 6 aliphatic rings. The zero-order valence-electron chi connectivity index (χ0n) is 28.8. The second kappa shape index (κ2) is 13.5. The molecule has 1 saturated heterocycles. The molecule has 272 valence electrons. The van der Waals surface area contributed by atoms with Gasteiger partial charge in [-0.1, -0.05) is 61.4 Å². The van der Waals surface area contributed by atoms with Crippen LogP contribution in [0.3, 0.4) is 0 Å². The van der Waals surface area contributed by atoms with Gasteiger partial charge in [0, 0.05) is 31.6 Å². The van der Waals surface area contributed by atoms with Crippen molar-refractivity contribution in [2.75, 3.05) is 6.54 Å². The Morgan fingerprint density at radius 1 is 0.922 bits per heavy atom.